The van der Waals surface area contributed by atoms with Crippen LogP contribution in [0.1, 0.15) is 48.2 Å². The molecule has 0 heterocycles. The zero-order valence-electron chi connectivity index (χ0n) is 13.7. The van der Waals surface area contributed by atoms with Gasteiger partial charge in [-0.1, -0.05) is 61.9 Å². The predicted octanol–water partition coefficient (Wildman–Crippen LogP) is 4.65. The summed E-state index contributed by atoms with van der Waals surface area (Å²) in [6, 6.07) is 17.4. The van der Waals surface area contributed by atoms with Crippen molar-refractivity contribution in [3.05, 3.63) is 71.3 Å². The maximum absolute atomic E-state index is 12.4. The largest absolute Gasteiger partial charge is 0.436 e. The SMILES string of the molecule is CCCCc1ccccc1C(=O)OC(C)N=Cc1ccccc1. The zero-order valence-corrected chi connectivity index (χ0v) is 13.7. The van der Waals surface area contributed by atoms with Gasteiger partial charge in [0.1, 0.15) is 0 Å². The quantitative estimate of drug-likeness (QED) is 0.551. The number of aryl methyl sites for hydroxylation is 1. The van der Waals surface area contributed by atoms with Gasteiger partial charge in [-0.2, -0.15) is 0 Å². The number of hydrogen-bond acceptors (Lipinski definition) is 3. The van der Waals surface area contributed by atoms with Crippen molar-refractivity contribution in [3.8, 4) is 0 Å². The number of hydrogen-bond donors (Lipinski definition) is 0. The highest BCUT2D eigenvalue weighted by Gasteiger charge is 2.14. The van der Waals surface area contributed by atoms with Crippen LogP contribution in [0.5, 0.6) is 0 Å². The summed E-state index contributed by atoms with van der Waals surface area (Å²) in [4.78, 5) is 16.6. The third-order valence-electron chi connectivity index (χ3n) is 3.55. The van der Waals surface area contributed by atoms with E-state index in [1.807, 2.05) is 54.6 Å². The van der Waals surface area contributed by atoms with Crippen LogP contribution >= 0.6 is 0 Å². The Morgan fingerprint density at radius 3 is 2.57 bits per heavy atom. The minimum Gasteiger partial charge on any atom is -0.436 e. The van der Waals surface area contributed by atoms with E-state index >= 15 is 0 Å². The second kappa shape index (κ2) is 8.89. The first kappa shape index (κ1) is 16.9. The topological polar surface area (TPSA) is 38.7 Å². The molecule has 0 amide bonds. The molecule has 0 N–H and O–H groups in total. The third-order valence-corrected chi connectivity index (χ3v) is 3.55. The van der Waals surface area contributed by atoms with Crippen molar-refractivity contribution in [2.75, 3.05) is 0 Å². The maximum atomic E-state index is 12.4. The van der Waals surface area contributed by atoms with E-state index in [0.29, 0.717) is 5.56 Å². The molecule has 0 spiro atoms. The Bertz CT molecular complexity index is 650. The van der Waals surface area contributed by atoms with Gasteiger partial charge in [0, 0.05) is 6.21 Å². The van der Waals surface area contributed by atoms with Crippen molar-refractivity contribution >= 4 is 12.2 Å². The van der Waals surface area contributed by atoms with Gasteiger partial charge in [-0.05, 0) is 37.0 Å². The molecule has 0 aliphatic carbocycles. The van der Waals surface area contributed by atoms with Crippen molar-refractivity contribution in [3.63, 3.8) is 0 Å². The molecule has 2 rings (SSSR count). The highest BCUT2D eigenvalue weighted by molar-refractivity contribution is 5.91. The molecule has 0 aromatic heterocycles. The lowest BCUT2D eigenvalue weighted by atomic mass is 10.0. The van der Waals surface area contributed by atoms with Gasteiger partial charge in [0.15, 0.2) is 6.23 Å². The van der Waals surface area contributed by atoms with Gasteiger partial charge in [-0.15, -0.1) is 0 Å². The number of carbonyl (C=O) groups is 1. The molecule has 1 unspecified atom stereocenters. The Labute approximate surface area is 138 Å². The molecule has 0 aliphatic heterocycles. The van der Waals surface area contributed by atoms with Crippen LogP contribution in [0.3, 0.4) is 0 Å². The Hall–Kier alpha value is -2.42. The van der Waals surface area contributed by atoms with Crippen LogP contribution < -0.4 is 0 Å². The number of aliphatic imine (C=N–C) groups is 1. The summed E-state index contributed by atoms with van der Waals surface area (Å²) >= 11 is 0. The van der Waals surface area contributed by atoms with Crippen molar-refractivity contribution < 1.29 is 9.53 Å². The highest BCUT2D eigenvalue weighted by atomic mass is 16.6. The second-order valence-electron chi connectivity index (χ2n) is 5.45. The molecular formula is C20H23NO2. The summed E-state index contributed by atoms with van der Waals surface area (Å²) in [7, 11) is 0. The average Bonchev–Trinajstić information content (AvgIpc) is 2.59. The molecule has 2 aromatic rings. The summed E-state index contributed by atoms with van der Waals surface area (Å²) < 4.78 is 5.44. The summed E-state index contributed by atoms with van der Waals surface area (Å²) in [5.74, 6) is -0.311. The van der Waals surface area contributed by atoms with Gasteiger partial charge in [0.2, 0.25) is 0 Å². The molecule has 1 atom stereocenters. The number of unbranched alkanes of at least 4 members (excludes halogenated alkanes) is 1. The lowest BCUT2D eigenvalue weighted by Crippen LogP contribution is -2.15. The van der Waals surface area contributed by atoms with E-state index in [1.165, 1.54) is 0 Å². The van der Waals surface area contributed by atoms with Gasteiger partial charge < -0.3 is 4.74 Å². The molecule has 120 valence electrons. The Morgan fingerprint density at radius 2 is 1.83 bits per heavy atom. The Balaban J connectivity index is 2.00. The van der Waals surface area contributed by atoms with Crippen LogP contribution in [0, 0.1) is 0 Å². The first-order valence-corrected chi connectivity index (χ1v) is 8.08. The first-order chi connectivity index (χ1) is 11.2. The van der Waals surface area contributed by atoms with Crippen molar-refractivity contribution in [2.24, 2.45) is 4.99 Å². The zero-order chi connectivity index (χ0) is 16.5. The fourth-order valence-electron chi connectivity index (χ4n) is 2.28. The Kier molecular flexibility index (Phi) is 6.55. The van der Waals surface area contributed by atoms with Crippen LogP contribution in [0.15, 0.2) is 59.6 Å². The molecule has 0 saturated heterocycles. The van der Waals surface area contributed by atoms with E-state index in [4.69, 9.17) is 4.74 Å². The fourth-order valence-corrected chi connectivity index (χ4v) is 2.28. The van der Waals surface area contributed by atoms with Crippen LogP contribution in [0.4, 0.5) is 0 Å². The van der Waals surface area contributed by atoms with Gasteiger partial charge in [0.05, 0.1) is 5.56 Å². The molecule has 3 heteroatoms. The lowest BCUT2D eigenvalue weighted by molar-refractivity contribution is 0.0360. The fraction of sp³-hybridized carbons (Fsp3) is 0.300. The first-order valence-electron chi connectivity index (χ1n) is 8.08. The molecule has 0 saturated carbocycles. The van der Waals surface area contributed by atoms with Crippen molar-refractivity contribution in [1.82, 2.24) is 0 Å². The highest BCUT2D eigenvalue weighted by Crippen LogP contribution is 2.14. The standard InChI is InChI=1S/C20H23NO2/c1-3-4-12-18-13-8-9-14-19(18)20(22)23-16(2)21-15-17-10-6-5-7-11-17/h5-11,13-16H,3-4,12H2,1-2H3. The third kappa shape index (κ3) is 5.37. The van der Waals surface area contributed by atoms with E-state index in [2.05, 4.69) is 11.9 Å². The number of benzene rings is 2. The molecule has 0 radical (unpaired) electrons. The molecule has 2 aromatic carbocycles. The van der Waals surface area contributed by atoms with Gasteiger partial charge >= 0.3 is 5.97 Å². The average molecular weight is 309 g/mol. The van der Waals surface area contributed by atoms with Gasteiger partial charge in [-0.25, -0.2) is 4.79 Å². The number of rotatable bonds is 7. The molecule has 23 heavy (non-hydrogen) atoms. The number of nitrogens with zero attached hydrogens (tertiary/aromatic N) is 1. The summed E-state index contributed by atoms with van der Waals surface area (Å²) in [6.45, 7) is 3.91. The van der Waals surface area contributed by atoms with Crippen LogP contribution in [-0.4, -0.2) is 18.4 Å². The summed E-state index contributed by atoms with van der Waals surface area (Å²) in [5, 5.41) is 0. The van der Waals surface area contributed by atoms with Crippen LogP contribution in [0.2, 0.25) is 0 Å². The smallest absolute Gasteiger partial charge is 0.340 e. The van der Waals surface area contributed by atoms with E-state index in [0.717, 1.165) is 30.4 Å². The molecule has 0 bridgehead atoms. The van der Waals surface area contributed by atoms with Gasteiger partial charge in [-0.3, -0.25) is 4.99 Å². The van der Waals surface area contributed by atoms with E-state index in [9.17, 15) is 4.79 Å². The molecular weight excluding hydrogens is 286 g/mol. The maximum Gasteiger partial charge on any atom is 0.340 e. The minimum atomic E-state index is -0.512. The monoisotopic (exact) mass is 309 g/mol. The van der Waals surface area contributed by atoms with Crippen LogP contribution in [-0.2, 0) is 11.2 Å². The Morgan fingerprint density at radius 1 is 1.13 bits per heavy atom. The normalized spacial score (nSPS) is 12.3. The second-order valence-corrected chi connectivity index (χ2v) is 5.45. The summed E-state index contributed by atoms with van der Waals surface area (Å²) in [5.41, 5.74) is 2.67. The minimum absolute atomic E-state index is 0.311. The van der Waals surface area contributed by atoms with E-state index in [1.54, 1.807) is 13.1 Å². The number of esters is 1. The molecule has 0 aliphatic rings. The van der Waals surface area contributed by atoms with E-state index in [-0.39, 0.29) is 5.97 Å². The van der Waals surface area contributed by atoms with E-state index < -0.39 is 6.23 Å². The van der Waals surface area contributed by atoms with Gasteiger partial charge in [0.25, 0.3) is 0 Å². The molecule has 3 nitrogen and oxygen atoms in total. The summed E-state index contributed by atoms with van der Waals surface area (Å²) in [6.07, 6.45) is 4.26. The lowest BCUT2D eigenvalue weighted by Gasteiger charge is -2.12. The number of carbonyl (C=O) groups excluding carboxylic acids is 1. The predicted molar refractivity (Wildman–Crippen MR) is 94.0 cm³/mol. The van der Waals surface area contributed by atoms with Crippen LogP contribution in [0.25, 0.3) is 0 Å². The number of ether oxygens (including phenoxy) is 1. The van der Waals surface area contributed by atoms with Crippen molar-refractivity contribution in [1.29, 1.82) is 0 Å². The molecule has 0 fully saturated rings. The van der Waals surface area contributed by atoms with Crippen molar-refractivity contribution in [2.45, 2.75) is 39.3 Å².